The Bertz CT molecular complexity index is 458. The smallest absolute Gasteiger partial charge is 0.223 e. The highest BCUT2D eigenvalue weighted by atomic mass is 16.5. The third-order valence-corrected chi connectivity index (χ3v) is 3.17. The van der Waals surface area contributed by atoms with Crippen LogP contribution in [-0.4, -0.2) is 30.1 Å². The summed E-state index contributed by atoms with van der Waals surface area (Å²) in [6, 6.07) is 4.51. The number of hydrogen-bond acceptors (Lipinski definition) is 4. The fourth-order valence-corrected chi connectivity index (χ4v) is 1.92. The van der Waals surface area contributed by atoms with Crippen molar-refractivity contribution in [2.75, 3.05) is 13.2 Å². The molecule has 110 valence electrons. The van der Waals surface area contributed by atoms with E-state index in [4.69, 9.17) is 4.74 Å². The first-order valence-electron chi connectivity index (χ1n) is 7.28. The van der Waals surface area contributed by atoms with Gasteiger partial charge >= 0.3 is 0 Å². The van der Waals surface area contributed by atoms with Crippen molar-refractivity contribution in [2.24, 2.45) is 0 Å². The zero-order valence-electron chi connectivity index (χ0n) is 12.2. The molecule has 1 saturated carbocycles. The molecule has 1 aliphatic rings. The van der Waals surface area contributed by atoms with Gasteiger partial charge in [-0.1, -0.05) is 0 Å². The number of nitrogens with zero attached hydrogens (tertiary/aromatic N) is 1. The maximum atomic E-state index is 11.4. The number of amides is 1. The molecular formula is C15H23N3O2. The second kappa shape index (κ2) is 7.24. The van der Waals surface area contributed by atoms with Gasteiger partial charge in [0.2, 0.25) is 5.91 Å². The van der Waals surface area contributed by atoms with Crippen LogP contribution in [0.1, 0.15) is 37.6 Å². The van der Waals surface area contributed by atoms with Gasteiger partial charge in [0.1, 0.15) is 5.75 Å². The number of pyridine rings is 1. The molecule has 0 aromatic carbocycles. The number of nitrogens with one attached hydrogen (secondary N) is 2. The first-order valence-corrected chi connectivity index (χ1v) is 7.28. The number of ether oxygens (including phenoxy) is 1. The van der Waals surface area contributed by atoms with Gasteiger partial charge in [-0.05, 0) is 38.8 Å². The summed E-state index contributed by atoms with van der Waals surface area (Å²) in [5, 5.41) is 6.20. The molecule has 1 aromatic heterocycles. The topological polar surface area (TPSA) is 63.2 Å². The van der Waals surface area contributed by atoms with Crippen molar-refractivity contribution in [2.45, 2.75) is 45.7 Å². The van der Waals surface area contributed by atoms with Gasteiger partial charge in [0.15, 0.2) is 0 Å². The third-order valence-electron chi connectivity index (χ3n) is 3.17. The summed E-state index contributed by atoms with van der Waals surface area (Å²) in [4.78, 5) is 15.9. The van der Waals surface area contributed by atoms with Crippen LogP contribution in [0.4, 0.5) is 0 Å². The van der Waals surface area contributed by atoms with E-state index < -0.39 is 0 Å². The van der Waals surface area contributed by atoms with E-state index >= 15 is 0 Å². The number of aryl methyl sites for hydroxylation is 1. The lowest BCUT2D eigenvalue weighted by molar-refractivity contribution is -0.121. The van der Waals surface area contributed by atoms with Crippen molar-refractivity contribution >= 4 is 5.91 Å². The predicted molar refractivity (Wildman–Crippen MR) is 77.6 cm³/mol. The summed E-state index contributed by atoms with van der Waals surface area (Å²) in [6.45, 7) is 5.64. The van der Waals surface area contributed by atoms with Crippen molar-refractivity contribution in [1.82, 2.24) is 15.6 Å². The van der Waals surface area contributed by atoms with Gasteiger partial charge in [0.25, 0.3) is 0 Å². The molecule has 0 spiro atoms. The lowest BCUT2D eigenvalue weighted by Crippen LogP contribution is -2.24. The van der Waals surface area contributed by atoms with Gasteiger partial charge in [-0.3, -0.25) is 9.78 Å². The Hall–Kier alpha value is -1.62. The molecule has 5 heteroatoms. The molecular weight excluding hydrogens is 254 g/mol. The monoisotopic (exact) mass is 277 g/mol. The van der Waals surface area contributed by atoms with E-state index in [1.807, 2.05) is 26.0 Å². The Morgan fingerprint density at radius 3 is 2.95 bits per heavy atom. The van der Waals surface area contributed by atoms with E-state index in [9.17, 15) is 4.79 Å². The molecule has 1 fully saturated rings. The average Bonchev–Trinajstić information content (AvgIpc) is 3.23. The highest BCUT2D eigenvalue weighted by Gasteiger charge is 2.21. The van der Waals surface area contributed by atoms with Gasteiger partial charge in [-0.25, -0.2) is 0 Å². The van der Waals surface area contributed by atoms with Crippen molar-refractivity contribution in [3.05, 3.63) is 23.5 Å². The van der Waals surface area contributed by atoms with Gasteiger partial charge < -0.3 is 15.4 Å². The molecule has 1 aromatic rings. The van der Waals surface area contributed by atoms with E-state index in [-0.39, 0.29) is 5.91 Å². The normalized spacial score (nSPS) is 14.1. The lowest BCUT2D eigenvalue weighted by atomic mass is 10.2. The zero-order chi connectivity index (χ0) is 14.4. The average molecular weight is 277 g/mol. The van der Waals surface area contributed by atoms with Crippen LogP contribution in [0.2, 0.25) is 0 Å². The molecule has 0 atom stereocenters. The van der Waals surface area contributed by atoms with Crippen molar-refractivity contribution in [3.8, 4) is 5.75 Å². The molecule has 0 unspecified atom stereocenters. The van der Waals surface area contributed by atoms with Crippen LogP contribution in [-0.2, 0) is 11.3 Å². The van der Waals surface area contributed by atoms with Crippen molar-refractivity contribution in [1.29, 1.82) is 0 Å². The largest absolute Gasteiger partial charge is 0.491 e. The first kappa shape index (κ1) is 14.8. The number of rotatable bonds is 8. The van der Waals surface area contributed by atoms with Gasteiger partial charge in [0.05, 0.1) is 18.7 Å². The molecule has 0 aliphatic heterocycles. The Morgan fingerprint density at radius 2 is 2.25 bits per heavy atom. The number of aromatic nitrogens is 1. The summed E-state index contributed by atoms with van der Waals surface area (Å²) < 4.78 is 5.70. The molecule has 0 radical (unpaired) electrons. The van der Waals surface area contributed by atoms with E-state index in [0.29, 0.717) is 25.6 Å². The maximum absolute atomic E-state index is 11.4. The Labute approximate surface area is 120 Å². The molecule has 1 amide bonds. The molecule has 0 saturated heterocycles. The number of hydrogen-bond donors (Lipinski definition) is 2. The summed E-state index contributed by atoms with van der Waals surface area (Å²) in [6.07, 6.45) is 2.87. The van der Waals surface area contributed by atoms with Crippen LogP contribution in [0.5, 0.6) is 5.75 Å². The standard InChI is InChI=1S/C15H23N3O2/c1-3-16-15(19)8-9-20-14-7-4-11(2)18-13(14)10-17-12-5-6-12/h4,7,12,17H,3,5-6,8-10H2,1-2H3,(H,16,19). The van der Waals surface area contributed by atoms with Crippen molar-refractivity contribution in [3.63, 3.8) is 0 Å². The number of carbonyl (C=O) groups excluding carboxylic acids is 1. The molecule has 2 rings (SSSR count). The number of carbonyl (C=O) groups is 1. The molecule has 1 heterocycles. The zero-order valence-corrected chi connectivity index (χ0v) is 12.2. The minimum Gasteiger partial charge on any atom is -0.491 e. The fourth-order valence-electron chi connectivity index (χ4n) is 1.92. The third kappa shape index (κ3) is 4.81. The molecule has 5 nitrogen and oxygen atoms in total. The first-order chi connectivity index (χ1) is 9.69. The molecule has 2 N–H and O–H groups in total. The van der Waals surface area contributed by atoms with Crippen LogP contribution in [0, 0.1) is 6.92 Å². The van der Waals surface area contributed by atoms with E-state index in [1.165, 1.54) is 12.8 Å². The minimum atomic E-state index is 0.0187. The fraction of sp³-hybridized carbons (Fsp3) is 0.600. The summed E-state index contributed by atoms with van der Waals surface area (Å²) >= 11 is 0. The Kier molecular flexibility index (Phi) is 5.35. The van der Waals surface area contributed by atoms with E-state index in [0.717, 1.165) is 23.7 Å². The minimum absolute atomic E-state index is 0.0187. The predicted octanol–water partition coefficient (Wildman–Crippen LogP) is 1.55. The van der Waals surface area contributed by atoms with E-state index in [1.54, 1.807) is 0 Å². The summed E-state index contributed by atoms with van der Waals surface area (Å²) in [7, 11) is 0. The van der Waals surface area contributed by atoms with Crippen LogP contribution in [0.3, 0.4) is 0 Å². The van der Waals surface area contributed by atoms with Crippen LogP contribution in [0.15, 0.2) is 12.1 Å². The second-order valence-electron chi connectivity index (χ2n) is 5.10. The van der Waals surface area contributed by atoms with Gasteiger partial charge in [-0.2, -0.15) is 0 Å². The highest BCUT2D eigenvalue weighted by Crippen LogP contribution is 2.22. The molecule has 0 bridgehead atoms. The molecule has 1 aliphatic carbocycles. The van der Waals surface area contributed by atoms with Crippen LogP contribution < -0.4 is 15.4 Å². The van der Waals surface area contributed by atoms with Crippen LogP contribution >= 0.6 is 0 Å². The Balaban J connectivity index is 1.86. The van der Waals surface area contributed by atoms with Crippen LogP contribution in [0.25, 0.3) is 0 Å². The quantitative estimate of drug-likeness (QED) is 0.756. The SMILES string of the molecule is CCNC(=O)CCOc1ccc(C)nc1CNC1CC1. The highest BCUT2D eigenvalue weighted by molar-refractivity contribution is 5.75. The lowest BCUT2D eigenvalue weighted by Gasteiger charge is -2.12. The van der Waals surface area contributed by atoms with E-state index in [2.05, 4.69) is 15.6 Å². The van der Waals surface area contributed by atoms with Gasteiger partial charge in [0, 0.05) is 24.8 Å². The maximum Gasteiger partial charge on any atom is 0.223 e. The molecule has 20 heavy (non-hydrogen) atoms. The summed E-state index contributed by atoms with van der Waals surface area (Å²) in [5.41, 5.74) is 1.90. The van der Waals surface area contributed by atoms with Gasteiger partial charge in [-0.15, -0.1) is 0 Å². The summed E-state index contributed by atoms with van der Waals surface area (Å²) in [5.74, 6) is 0.790. The second-order valence-corrected chi connectivity index (χ2v) is 5.10. The van der Waals surface area contributed by atoms with Crippen molar-refractivity contribution < 1.29 is 9.53 Å². The Morgan fingerprint density at radius 1 is 1.45 bits per heavy atom.